The van der Waals surface area contributed by atoms with Crippen molar-refractivity contribution in [1.82, 2.24) is 0 Å². The number of hydrogen-bond acceptors (Lipinski definition) is 2. The standard InChI is InChI=1S/C14H21FOS/c1-9(2)5-6-17-14-7-10(3)13(15)8-12(14)11(4)16/h7-9,11,16H,5-6H2,1-4H3/t11-/m0/s1. The van der Waals surface area contributed by atoms with Gasteiger partial charge in [0.05, 0.1) is 6.10 Å². The molecule has 1 atom stereocenters. The minimum absolute atomic E-state index is 0.242. The molecule has 0 aliphatic carbocycles. The van der Waals surface area contributed by atoms with E-state index in [0.29, 0.717) is 17.0 Å². The molecule has 1 aromatic rings. The summed E-state index contributed by atoms with van der Waals surface area (Å²) in [6.45, 7) is 7.81. The molecule has 17 heavy (non-hydrogen) atoms. The fraction of sp³-hybridized carbons (Fsp3) is 0.571. The highest BCUT2D eigenvalue weighted by Gasteiger charge is 2.12. The Bertz CT molecular complexity index is 375. The summed E-state index contributed by atoms with van der Waals surface area (Å²) in [5.74, 6) is 1.43. The van der Waals surface area contributed by atoms with Crippen LogP contribution in [-0.2, 0) is 0 Å². The monoisotopic (exact) mass is 256 g/mol. The summed E-state index contributed by atoms with van der Waals surface area (Å²) < 4.78 is 13.4. The summed E-state index contributed by atoms with van der Waals surface area (Å²) in [5.41, 5.74) is 1.34. The molecular formula is C14H21FOS. The highest BCUT2D eigenvalue weighted by Crippen LogP contribution is 2.30. The molecular weight excluding hydrogens is 235 g/mol. The summed E-state index contributed by atoms with van der Waals surface area (Å²) in [6.07, 6.45) is 0.506. The van der Waals surface area contributed by atoms with Gasteiger partial charge in [-0.05, 0) is 55.2 Å². The van der Waals surface area contributed by atoms with E-state index in [9.17, 15) is 9.50 Å². The van der Waals surface area contributed by atoms with Gasteiger partial charge in [-0.1, -0.05) is 13.8 Å². The smallest absolute Gasteiger partial charge is 0.126 e. The number of aliphatic hydroxyl groups excluding tert-OH is 1. The lowest BCUT2D eigenvalue weighted by Gasteiger charge is -2.14. The Labute approximate surface area is 107 Å². The molecule has 1 rings (SSSR count). The van der Waals surface area contributed by atoms with Crippen LogP contribution in [0.25, 0.3) is 0 Å². The van der Waals surface area contributed by atoms with Gasteiger partial charge in [-0.3, -0.25) is 0 Å². The fourth-order valence-electron chi connectivity index (χ4n) is 1.53. The Morgan fingerprint density at radius 1 is 1.29 bits per heavy atom. The van der Waals surface area contributed by atoms with Crippen molar-refractivity contribution in [2.24, 2.45) is 5.92 Å². The molecule has 0 aliphatic heterocycles. The quantitative estimate of drug-likeness (QED) is 0.791. The van der Waals surface area contributed by atoms with Crippen molar-refractivity contribution in [3.8, 4) is 0 Å². The average molecular weight is 256 g/mol. The van der Waals surface area contributed by atoms with Gasteiger partial charge in [0.25, 0.3) is 0 Å². The van der Waals surface area contributed by atoms with E-state index in [0.717, 1.165) is 17.1 Å². The van der Waals surface area contributed by atoms with Gasteiger partial charge in [0.1, 0.15) is 5.82 Å². The molecule has 0 amide bonds. The zero-order chi connectivity index (χ0) is 13.0. The molecule has 0 aliphatic rings. The first-order valence-corrected chi connectivity index (χ1v) is 7.01. The first-order chi connectivity index (χ1) is 7.91. The van der Waals surface area contributed by atoms with E-state index in [-0.39, 0.29) is 5.82 Å². The number of rotatable bonds is 5. The van der Waals surface area contributed by atoms with Crippen molar-refractivity contribution in [1.29, 1.82) is 0 Å². The maximum absolute atomic E-state index is 13.4. The van der Waals surface area contributed by atoms with Crippen molar-refractivity contribution in [2.75, 3.05) is 5.75 Å². The molecule has 3 heteroatoms. The number of halogens is 1. The Kier molecular flexibility index (Phi) is 5.47. The first kappa shape index (κ1) is 14.5. The molecule has 0 aromatic heterocycles. The van der Waals surface area contributed by atoms with Crippen LogP contribution in [0.2, 0.25) is 0 Å². The molecule has 0 saturated carbocycles. The summed E-state index contributed by atoms with van der Waals surface area (Å²) in [5, 5.41) is 9.65. The molecule has 0 heterocycles. The topological polar surface area (TPSA) is 20.2 Å². The van der Waals surface area contributed by atoms with Gasteiger partial charge in [-0.2, -0.15) is 0 Å². The fourth-order valence-corrected chi connectivity index (χ4v) is 2.99. The molecule has 0 fully saturated rings. The van der Waals surface area contributed by atoms with Crippen LogP contribution in [0.5, 0.6) is 0 Å². The van der Waals surface area contributed by atoms with Crippen molar-refractivity contribution in [3.05, 3.63) is 29.1 Å². The summed E-state index contributed by atoms with van der Waals surface area (Å²) in [4.78, 5) is 1.000. The molecule has 0 spiro atoms. The van der Waals surface area contributed by atoms with E-state index in [1.54, 1.807) is 25.6 Å². The second-order valence-electron chi connectivity index (χ2n) is 4.85. The zero-order valence-electron chi connectivity index (χ0n) is 11.0. The SMILES string of the molecule is Cc1cc(SCCC(C)C)c([C@H](C)O)cc1F. The lowest BCUT2D eigenvalue weighted by atomic mass is 10.1. The van der Waals surface area contributed by atoms with Gasteiger partial charge in [-0.25, -0.2) is 4.39 Å². The summed E-state index contributed by atoms with van der Waals surface area (Å²) in [6, 6.07) is 3.29. The van der Waals surface area contributed by atoms with Crippen LogP contribution >= 0.6 is 11.8 Å². The molecule has 96 valence electrons. The summed E-state index contributed by atoms with van der Waals surface area (Å²) >= 11 is 1.70. The van der Waals surface area contributed by atoms with Crippen molar-refractivity contribution in [2.45, 2.75) is 45.1 Å². The molecule has 1 N–H and O–H groups in total. The highest BCUT2D eigenvalue weighted by molar-refractivity contribution is 7.99. The largest absolute Gasteiger partial charge is 0.389 e. The number of aryl methyl sites for hydroxylation is 1. The summed E-state index contributed by atoms with van der Waals surface area (Å²) in [7, 11) is 0. The molecule has 0 radical (unpaired) electrons. The normalized spacial score (nSPS) is 13.1. The lowest BCUT2D eigenvalue weighted by Crippen LogP contribution is -1.98. The van der Waals surface area contributed by atoms with Gasteiger partial charge >= 0.3 is 0 Å². The predicted molar refractivity (Wildman–Crippen MR) is 71.9 cm³/mol. The van der Waals surface area contributed by atoms with Crippen LogP contribution in [0, 0.1) is 18.7 Å². The Hall–Kier alpha value is -0.540. The molecule has 0 bridgehead atoms. The minimum Gasteiger partial charge on any atom is -0.389 e. The van der Waals surface area contributed by atoms with Gasteiger partial charge in [-0.15, -0.1) is 11.8 Å². The Balaban J connectivity index is 2.85. The molecule has 1 aromatic carbocycles. The van der Waals surface area contributed by atoms with E-state index in [1.165, 1.54) is 6.07 Å². The second-order valence-corrected chi connectivity index (χ2v) is 5.98. The molecule has 1 nitrogen and oxygen atoms in total. The Morgan fingerprint density at radius 3 is 2.47 bits per heavy atom. The number of benzene rings is 1. The van der Waals surface area contributed by atoms with Gasteiger partial charge < -0.3 is 5.11 Å². The molecule has 0 saturated heterocycles. The van der Waals surface area contributed by atoms with Crippen LogP contribution < -0.4 is 0 Å². The van der Waals surface area contributed by atoms with Crippen LogP contribution in [0.4, 0.5) is 4.39 Å². The van der Waals surface area contributed by atoms with Crippen LogP contribution in [-0.4, -0.2) is 10.9 Å². The average Bonchev–Trinajstić information content (AvgIpc) is 2.22. The van der Waals surface area contributed by atoms with E-state index in [2.05, 4.69) is 13.8 Å². The maximum Gasteiger partial charge on any atom is 0.126 e. The van der Waals surface area contributed by atoms with Crippen molar-refractivity contribution >= 4 is 11.8 Å². The van der Waals surface area contributed by atoms with Crippen molar-refractivity contribution < 1.29 is 9.50 Å². The maximum atomic E-state index is 13.4. The third-order valence-corrected chi connectivity index (χ3v) is 3.80. The minimum atomic E-state index is -0.619. The predicted octanol–water partition coefficient (Wildman–Crippen LogP) is 4.33. The van der Waals surface area contributed by atoms with E-state index < -0.39 is 6.10 Å². The van der Waals surface area contributed by atoms with Gasteiger partial charge in [0.15, 0.2) is 0 Å². The highest BCUT2D eigenvalue weighted by atomic mass is 32.2. The Morgan fingerprint density at radius 2 is 1.94 bits per heavy atom. The third kappa shape index (κ3) is 4.32. The van der Waals surface area contributed by atoms with Crippen LogP contribution in [0.1, 0.15) is 44.4 Å². The lowest BCUT2D eigenvalue weighted by molar-refractivity contribution is 0.196. The van der Waals surface area contributed by atoms with Crippen LogP contribution in [0.15, 0.2) is 17.0 Å². The van der Waals surface area contributed by atoms with Gasteiger partial charge in [0.2, 0.25) is 0 Å². The number of hydrogen-bond donors (Lipinski definition) is 1. The third-order valence-electron chi connectivity index (χ3n) is 2.69. The van der Waals surface area contributed by atoms with E-state index >= 15 is 0 Å². The first-order valence-electron chi connectivity index (χ1n) is 6.02. The van der Waals surface area contributed by atoms with E-state index in [1.807, 2.05) is 6.07 Å². The number of aliphatic hydroxyl groups is 1. The zero-order valence-corrected chi connectivity index (χ0v) is 11.8. The number of thioether (sulfide) groups is 1. The second kappa shape index (κ2) is 6.41. The van der Waals surface area contributed by atoms with Crippen LogP contribution in [0.3, 0.4) is 0 Å². The van der Waals surface area contributed by atoms with E-state index in [4.69, 9.17) is 0 Å². The molecule has 0 unspecified atom stereocenters. The van der Waals surface area contributed by atoms with Crippen molar-refractivity contribution in [3.63, 3.8) is 0 Å². The van der Waals surface area contributed by atoms with Gasteiger partial charge in [0, 0.05) is 4.90 Å².